The number of piperidine rings is 1. The lowest BCUT2D eigenvalue weighted by molar-refractivity contribution is 0.218. The third-order valence-corrected chi connectivity index (χ3v) is 7.24. The van der Waals surface area contributed by atoms with E-state index in [1.165, 1.54) is 12.1 Å². The van der Waals surface area contributed by atoms with Gasteiger partial charge in [0.1, 0.15) is 5.82 Å². The van der Waals surface area contributed by atoms with E-state index in [1.807, 2.05) is 0 Å². The second-order valence-corrected chi connectivity index (χ2v) is 8.58. The number of nitrogens with zero attached hydrogens (tertiary/aromatic N) is 1. The van der Waals surface area contributed by atoms with E-state index in [9.17, 15) is 12.8 Å². The Morgan fingerprint density at radius 1 is 1.14 bits per heavy atom. The van der Waals surface area contributed by atoms with Gasteiger partial charge in [0.15, 0.2) is 0 Å². The van der Waals surface area contributed by atoms with Crippen LogP contribution in [0.2, 0.25) is 0 Å². The molecule has 0 amide bonds. The summed E-state index contributed by atoms with van der Waals surface area (Å²) in [6.45, 7) is 6.41. The number of rotatable bonds is 2. The van der Waals surface area contributed by atoms with Crippen molar-refractivity contribution in [3.63, 3.8) is 0 Å². The predicted octanol–water partition coefficient (Wildman–Crippen LogP) is 2.21. The molecule has 0 aromatic heterocycles. The van der Waals surface area contributed by atoms with Gasteiger partial charge in [-0.15, -0.1) is 0 Å². The van der Waals surface area contributed by atoms with Crippen molar-refractivity contribution in [2.24, 2.45) is 5.41 Å². The SMILES string of the molecule is Cc1cc(F)cc(C)c1S(=O)(=O)N1CCC2(CCNCC2)C1. The average molecular weight is 326 g/mol. The first-order chi connectivity index (χ1) is 10.3. The Hall–Kier alpha value is -0.980. The lowest BCUT2D eigenvalue weighted by Crippen LogP contribution is -2.40. The Bertz CT molecular complexity index is 658. The molecule has 1 aromatic carbocycles. The summed E-state index contributed by atoms with van der Waals surface area (Å²) in [5.41, 5.74) is 1.10. The summed E-state index contributed by atoms with van der Waals surface area (Å²) in [5.74, 6) is -0.384. The van der Waals surface area contributed by atoms with Gasteiger partial charge in [-0.3, -0.25) is 0 Å². The van der Waals surface area contributed by atoms with Crippen LogP contribution in [0.25, 0.3) is 0 Å². The zero-order chi connectivity index (χ0) is 16.0. The molecule has 0 atom stereocenters. The number of sulfonamides is 1. The highest BCUT2D eigenvalue weighted by atomic mass is 32.2. The van der Waals surface area contributed by atoms with E-state index in [2.05, 4.69) is 5.32 Å². The minimum Gasteiger partial charge on any atom is -0.317 e. The molecule has 0 saturated carbocycles. The van der Waals surface area contributed by atoms with Crippen molar-refractivity contribution in [2.75, 3.05) is 26.2 Å². The number of halogens is 1. The van der Waals surface area contributed by atoms with Gasteiger partial charge in [-0.05, 0) is 74.9 Å². The summed E-state index contributed by atoms with van der Waals surface area (Å²) in [5, 5.41) is 3.34. The average Bonchev–Trinajstić information content (AvgIpc) is 2.82. The van der Waals surface area contributed by atoms with Crippen LogP contribution in [-0.4, -0.2) is 38.9 Å². The maximum Gasteiger partial charge on any atom is 0.243 e. The van der Waals surface area contributed by atoms with Gasteiger partial charge in [-0.2, -0.15) is 4.31 Å². The fourth-order valence-electron chi connectivity index (χ4n) is 3.90. The van der Waals surface area contributed by atoms with Crippen LogP contribution in [0, 0.1) is 25.1 Å². The highest BCUT2D eigenvalue weighted by Crippen LogP contribution is 2.41. The molecule has 2 saturated heterocycles. The minimum atomic E-state index is -3.55. The largest absolute Gasteiger partial charge is 0.317 e. The third kappa shape index (κ3) is 2.68. The molecular weight excluding hydrogens is 303 g/mol. The van der Waals surface area contributed by atoms with Crippen LogP contribution in [0.4, 0.5) is 4.39 Å². The summed E-state index contributed by atoms with van der Waals surface area (Å²) in [7, 11) is -3.55. The Morgan fingerprint density at radius 2 is 1.73 bits per heavy atom. The van der Waals surface area contributed by atoms with Crippen molar-refractivity contribution < 1.29 is 12.8 Å². The van der Waals surface area contributed by atoms with Gasteiger partial charge in [-0.1, -0.05) is 0 Å². The first kappa shape index (κ1) is 15.9. The number of hydrogen-bond acceptors (Lipinski definition) is 3. The van der Waals surface area contributed by atoms with Crippen molar-refractivity contribution >= 4 is 10.0 Å². The molecule has 1 spiro atoms. The minimum absolute atomic E-state index is 0.125. The molecule has 2 aliphatic heterocycles. The molecule has 1 N–H and O–H groups in total. The number of benzene rings is 1. The molecule has 4 nitrogen and oxygen atoms in total. The van der Waals surface area contributed by atoms with Crippen LogP contribution in [0.3, 0.4) is 0 Å². The maximum atomic E-state index is 13.4. The van der Waals surface area contributed by atoms with Crippen LogP contribution in [0.1, 0.15) is 30.4 Å². The van der Waals surface area contributed by atoms with Crippen LogP contribution in [0.5, 0.6) is 0 Å². The van der Waals surface area contributed by atoms with Crippen molar-refractivity contribution in [1.29, 1.82) is 0 Å². The lowest BCUT2D eigenvalue weighted by atomic mass is 9.78. The summed E-state index contributed by atoms with van der Waals surface area (Å²) in [4.78, 5) is 0.278. The second-order valence-electron chi connectivity index (χ2n) is 6.71. The van der Waals surface area contributed by atoms with Gasteiger partial charge in [0, 0.05) is 13.1 Å². The van der Waals surface area contributed by atoms with Gasteiger partial charge < -0.3 is 5.32 Å². The molecule has 122 valence electrons. The van der Waals surface area contributed by atoms with Crippen molar-refractivity contribution in [1.82, 2.24) is 9.62 Å². The third-order valence-electron chi connectivity index (χ3n) is 5.09. The highest BCUT2D eigenvalue weighted by Gasteiger charge is 2.43. The normalized spacial score (nSPS) is 22.3. The van der Waals surface area contributed by atoms with E-state index in [1.54, 1.807) is 18.2 Å². The molecular formula is C16H23FN2O2S. The molecule has 2 heterocycles. The van der Waals surface area contributed by atoms with Gasteiger partial charge in [-0.25, -0.2) is 12.8 Å². The van der Waals surface area contributed by atoms with Gasteiger partial charge in [0.05, 0.1) is 4.90 Å². The van der Waals surface area contributed by atoms with Gasteiger partial charge in [0.25, 0.3) is 0 Å². The Balaban J connectivity index is 1.92. The van der Waals surface area contributed by atoms with Crippen LogP contribution >= 0.6 is 0 Å². The van der Waals surface area contributed by atoms with E-state index >= 15 is 0 Å². The van der Waals surface area contributed by atoms with Gasteiger partial charge in [0.2, 0.25) is 10.0 Å². The van der Waals surface area contributed by atoms with Gasteiger partial charge >= 0.3 is 0 Å². The van der Waals surface area contributed by atoms with Crippen molar-refractivity contribution in [2.45, 2.75) is 38.0 Å². The summed E-state index contributed by atoms with van der Waals surface area (Å²) in [6.07, 6.45) is 2.98. The van der Waals surface area contributed by atoms with Crippen molar-refractivity contribution in [3.8, 4) is 0 Å². The monoisotopic (exact) mass is 326 g/mol. The molecule has 2 aliphatic rings. The fraction of sp³-hybridized carbons (Fsp3) is 0.625. The first-order valence-corrected chi connectivity index (χ1v) is 9.26. The zero-order valence-electron chi connectivity index (χ0n) is 13.2. The molecule has 6 heteroatoms. The fourth-order valence-corrected chi connectivity index (χ4v) is 5.86. The molecule has 1 aromatic rings. The Labute approximate surface area is 131 Å². The summed E-state index contributed by atoms with van der Waals surface area (Å²) in [6, 6.07) is 2.60. The van der Waals surface area contributed by atoms with E-state index < -0.39 is 10.0 Å². The summed E-state index contributed by atoms with van der Waals surface area (Å²) < 4.78 is 41.0. The Kier molecular flexibility index (Phi) is 4.03. The lowest BCUT2D eigenvalue weighted by Gasteiger charge is -2.33. The number of aryl methyl sites for hydroxylation is 2. The standard InChI is InChI=1S/C16H23FN2O2S/c1-12-9-14(17)10-13(2)15(12)22(20,21)19-8-5-16(11-19)3-6-18-7-4-16/h9-10,18H,3-8,11H2,1-2H3. The van der Waals surface area contributed by atoms with E-state index in [0.717, 1.165) is 32.4 Å². The van der Waals surface area contributed by atoms with E-state index in [4.69, 9.17) is 0 Å². The van der Waals surface area contributed by atoms with Crippen LogP contribution < -0.4 is 5.32 Å². The molecule has 0 radical (unpaired) electrons. The quantitative estimate of drug-likeness (QED) is 0.906. The number of hydrogen-bond donors (Lipinski definition) is 1. The van der Waals surface area contributed by atoms with Crippen molar-refractivity contribution in [3.05, 3.63) is 29.1 Å². The van der Waals surface area contributed by atoms with E-state index in [0.29, 0.717) is 24.2 Å². The van der Waals surface area contributed by atoms with E-state index in [-0.39, 0.29) is 16.1 Å². The smallest absolute Gasteiger partial charge is 0.243 e. The maximum absolute atomic E-state index is 13.4. The molecule has 0 unspecified atom stereocenters. The van der Waals surface area contributed by atoms with Crippen LogP contribution in [-0.2, 0) is 10.0 Å². The highest BCUT2D eigenvalue weighted by molar-refractivity contribution is 7.89. The van der Waals surface area contributed by atoms with Crippen LogP contribution in [0.15, 0.2) is 17.0 Å². The molecule has 22 heavy (non-hydrogen) atoms. The topological polar surface area (TPSA) is 49.4 Å². The molecule has 0 aliphatic carbocycles. The number of nitrogens with one attached hydrogen (secondary N) is 1. The Morgan fingerprint density at radius 3 is 2.32 bits per heavy atom. The summed E-state index contributed by atoms with van der Waals surface area (Å²) >= 11 is 0. The zero-order valence-corrected chi connectivity index (χ0v) is 14.0. The first-order valence-electron chi connectivity index (χ1n) is 7.82. The molecule has 0 bridgehead atoms. The predicted molar refractivity (Wildman–Crippen MR) is 83.8 cm³/mol. The second kappa shape index (κ2) is 5.58. The molecule has 2 fully saturated rings. The molecule has 3 rings (SSSR count).